The lowest BCUT2D eigenvalue weighted by molar-refractivity contribution is -0.118. The van der Waals surface area contributed by atoms with E-state index in [0.717, 1.165) is 18.5 Å². The van der Waals surface area contributed by atoms with Gasteiger partial charge >= 0.3 is 0 Å². The third-order valence-electron chi connectivity index (χ3n) is 2.59. The maximum absolute atomic E-state index is 11.8. The zero-order valence-corrected chi connectivity index (χ0v) is 8.88. The Balaban J connectivity index is 2.08. The Kier molecular flexibility index (Phi) is 2.40. The lowest BCUT2D eigenvalue weighted by Crippen LogP contribution is -2.34. The molecule has 0 saturated heterocycles. The standard InChI is InChI=1S/C10H11N3OS/c11-8(15)10(3-4-10)9(14)13-7-1-5-12-6-2-7/h1-2,5-6H,3-4H2,(H2,11,15)(H,12,13,14). The van der Waals surface area contributed by atoms with E-state index < -0.39 is 5.41 Å². The second kappa shape index (κ2) is 3.58. The number of nitrogens with zero attached hydrogens (tertiary/aromatic N) is 1. The van der Waals surface area contributed by atoms with Crippen LogP contribution in [0.2, 0.25) is 0 Å². The Bertz CT molecular complexity index is 400. The van der Waals surface area contributed by atoms with E-state index in [0.29, 0.717) is 0 Å². The number of nitrogens with one attached hydrogen (secondary N) is 1. The summed E-state index contributed by atoms with van der Waals surface area (Å²) in [4.78, 5) is 16.0. The third-order valence-corrected chi connectivity index (χ3v) is 2.99. The Hall–Kier alpha value is -1.49. The zero-order valence-electron chi connectivity index (χ0n) is 8.06. The zero-order chi connectivity index (χ0) is 10.9. The third kappa shape index (κ3) is 1.83. The van der Waals surface area contributed by atoms with Crippen LogP contribution in [0.1, 0.15) is 12.8 Å². The number of carbonyl (C=O) groups excluding carboxylic acids is 1. The average Bonchev–Trinajstić information content (AvgIpc) is 2.99. The van der Waals surface area contributed by atoms with Gasteiger partial charge in [-0.2, -0.15) is 0 Å². The molecule has 1 aliphatic rings. The summed E-state index contributed by atoms with van der Waals surface area (Å²) in [6.07, 6.45) is 4.74. The molecule has 3 N–H and O–H groups in total. The first kappa shape index (κ1) is 10.0. The average molecular weight is 221 g/mol. The van der Waals surface area contributed by atoms with Crippen LogP contribution in [0.5, 0.6) is 0 Å². The van der Waals surface area contributed by atoms with Gasteiger partial charge in [0.15, 0.2) is 0 Å². The van der Waals surface area contributed by atoms with Gasteiger partial charge in [-0.15, -0.1) is 0 Å². The van der Waals surface area contributed by atoms with E-state index in [4.69, 9.17) is 18.0 Å². The quantitative estimate of drug-likeness (QED) is 0.750. The van der Waals surface area contributed by atoms with Crippen LogP contribution in [-0.2, 0) is 4.79 Å². The molecular weight excluding hydrogens is 210 g/mol. The summed E-state index contributed by atoms with van der Waals surface area (Å²) in [6, 6.07) is 3.46. The number of hydrogen-bond acceptors (Lipinski definition) is 3. The molecule has 15 heavy (non-hydrogen) atoms. The van der Waals surface area contributed by atoms with Crippen molar-refractivity contribution >= 4 is 28.8 Å². The highest BCUT2D eigenvalue weighted by molar-refractivity contribution is 7.80. The number of pyridine rings is 1. The molecule has 78 valence electrons. The number of aromatic nitrogens is 1. The van der Waals surface area contributed by atoms with Crippen LogP contribution in [0.15, 0.2) is 24.5 Å². The number of carbonyl (C=O) groups is 1. The lowest BCUT2D eigenvalue weighted by Gasteiger charge is -2.13. The molecule has 0 unspecified atom stereocenters. The predicted molar refractivity (Wildman–Crippen MR) is 61.3 cm³/mol. The van der Waals surface area contributed by atoms with Crippen LogP contribution in [0, 0.1) is 5.41 Å². The number of hydrogen-bond donors (Lipinski definition) is 2. The van der Waals surface area contributed by atoms with Crippen molar-refractivity contribution in [3.05, 3.63) is 24.5 Å². The van der Waals surface area contributed by atoms with Gasteiger partial charge < -0.3 is 11.1 Å². The van der Waals surface area contributed by atoms with Crippen LogP contribution in [0.4, 0.5) is 5.69 Å². The van der Waals surface area contributed by atoms with Gasteiger partial charge in [-0.05, 0) is 25.0 Å². The molecule has 0 atom stereocenters. The number of thiocarbonyl (C=S) groups is 1. The Morgan fingerprint density at radius 2 is 2.07 bits per heavy atom. The van der Waals surface area contributed by atoms with E-state index in [9.17, 15) is 4.79 Å². The summed E-state index contributed by atoms with van der Waals surface area (Å²) >= 11 is 4.89. The molecule has 1 aromatic rings. The molecule has 1 amide bonds. The lowest BCUT2D eigenvalue weighted by atomic mass is 10.1. The van der Waals surface area contributed by atoms with Crippen molar-refractivity contribution in [2.24, 2.45) is 11.1 Å². The summed E-state index contributed by atoms with van der Waals surface area (Å²) in [7, 11) is 0. The van der Waals surface area contributed by atoms with Crippen molar-refractivity contribution in [1.82, 2.24) is 4.98 Å². The van der Waals surface area contributed by atoms with Crippen LogP contribution in [0.3, 0.4) is 0 Å². The molecule has 0 radical (unpaired) electrons. The predicted octanol–water partition coefficient (Wildman–Crippen LogP) is 1.09. The first-order chi connectivity index (χ1) is 7.15. The fourth-order valence-corrected chi connectivity index (χ4v) is 1.69. The molecular formula is C10H11N3OS. The Morgan fingerprint density at radius 1 is 1.47 bits per heavy atom. The van der Waals surface area contributed by atoms with E-state index in [1.807, 2.05) is 0 Å². The second-order valence-corrected chi connectivity index (χ2v) is 4.08. The maximum Gasteiger partial charge on any atom is 0.237 e. The van der Waals surface area contributed by atoms with Crippen molar-refractivity contribution in [2.75, 3.05) is 5.32 Å². The van der Waals surface area contributed by atoms with Crippen molar-refractivity contribution in [1.29, 1.82) is 0 Å². The van der Waals surface area contributed by atoms with Crippen LogP contribution in [-0.4, -0.2) is 15.9 Å². The summed E-state index contributed by atoms with van der Waals surface area (Å²) in [6.45, 7) is 0. The molecule has 1 aliphatic carbocycles. The minimum atomic E-state index is -0.599. The minimum absolute atomic E-state index is 0.110. The van der Waals surface area contributed by atoms with Gasteiger partial charge in [-0.3, -0.25) is 9.78 Å². The smallest absolute Gasteiger partial charge is 0.237 e. The van der Waals surface area contributed by atoms with Gasteiger partial charge in [0.05, 0.1) is 10.4 Å². The van der Waals surface area contributed by atoms with E-state index in [1.165, 1.54) is 0 Å². The monoisotopic (exact) mass is 221 g/mol. The number of anilines is 1. The molecule has 1 heterocycles. The second-order valence-electron chi connectivity index (χ2n) is 3.64. The molecule has 1 saturated carbocycles. The summed E-state index contributed by atoms with van der Waals surface area (Å²) in [5.41, 5.74) is 5.67. The molecule has 1 fully saturated rings. The van der Waals surface area contributed by atoms with Crippen LogP contribution in [0.25, 0.3) is 0 Å². The highest BCUT2D eigenvalue weighted by atomic mass is 32.1. The van der Waals surface area contributed by atoms with Crippen molar-refractivity contribution in [3.63, 3.8) is 0 Å². The van der Waals surface area contributed by atoms with Gasteiger partial charge in [-0.25, -0.2) is 0 Å². The normalized spacial score (nSPS) is 16.8. The Labute approximate surface area is 92.9 Å². The highest BCUT2D eigenvalue weighted by Crippen LogP contribution is 2.46. The maximum atomic E-state index is 11.8. The highest BCUT2D eigenvalue weighted by Gasteiger charge is 2.52. The van der Waals surface area contributed by atoms with Crippen molar-refractivity contribution in [2.45, 2.75) is 12.8 Å². The van der Waals surface area contributed by atoms with Crippen LogP contribution >= 0.6 is 12.2 Å². The van der Waals surface area contributed by atoms with Gasteiger partial charge in [0.2, 0.25) is 5.91 Å². The molecule has 4 nitrogen and oxygen atoms in total. The fraction of sp³-hybridized carbons (Fsp3) is 0.300. The molecule has 2 rings (SSSR count). The molecule has 5 heteroatoms. The van der Waals surface area contributed by atoms with E-state index in [-0.39, 0.29) is 10.9 Å². The molecule has 0 aliphatic heterocycles. The molecule has 0 bridgehead atoms. The van der Waals surface area contributed by atoms with Crippen LogP contribution < -0.4 is 11.1 Å². The van der Waals surface area contributed by atoms with E-state index in [2.05, 4.69) is 10.3 Å². The van der Waals surface area contributed by atoms with Crippen molar-refractivity contribution < 1.29 is 4.79 Å². The Morgan fingerprint density at radius 3 is 2.53 bits per heavy atom. The molecule has 0 spiro atoms. The largest absolute Gasteiger partial charge is 0.392 e. The van der Waals surface area contributed by atoms with E-state index in [1.54, 1.807) is 24.5 Å². The van der Waals surface area contributed by atoms with Gasteiger partial charge in [0, 0.05) is 18.1 Å². The van der Waals surface area contributed by atoms with Gasteiger partial charge in [0.1, 0.15) is 0 Å². The number of amides is 1. The topological polar surface area (TPSA) is 68.0 Å². The molecule has 1 aromatic heterocycles. The minimum Gasteiger partial charge on any atom is -0.392 e. The van der Waals surface area contributed by atoms with Gasteiger partial charge in [-0.1, -0.05) is 12.2 Å². The summed E-state index contributed by atoms with van der Waals surface area (Å²) in [5.74, 6) is -0.110. The first-order valence-corrected chi connectivity index (χ1v) is 5.07. The summed E-state index contributed by atoms with van der Waals surface area (Å²) < 4.78 is 0. The fourth-order valence-electron chi connectivity index (χ4n) is 1.40. The molecule has 0 aromatic carbocycles. The van der Waals surface area contributed by atoms with E-state index >= 15 is 0 Å². The SMILES string of the molecule is NC(=S)C1(C(=O)Nc2ccncc2)CC1. The number of rotatable bonds is 3. The first-order valence-electron chi connectivity index (χ1n) is 4.66. The van der Waals surface area contributed by atoms with Gasteiger partial charge in [0.25, 0.3) is 0 Å². The van der Waals surface area contributed by atoms with Crippen molar-refractivity contribution in [3.8, 4) is 0 Å². The summed E-state index contributed by atoms with van der Waals surface area (Å²) in [5, 5.41) is 2.78. The number of nitrogens with two attached hydrogens (primary N) is 1.